The largest absolute Gasteiger partial charge is 0.491 e. The molecule has 1 unspecified atom stereocenters. The second kappa shape index (κ2) is 5.13. The highest BCUT2D eigenvalue weighted by Crippen LogP contribution is 2.09. The third-order valence-corrected chi connectivity index (χ3v) is 1.94. The standard InChI is InChI=1S/C9H13O2P/c1-10-6-7-11-8-4-2-3-5-9(8)12/h2-5H,6-7,12H2,1H3. The minimum absolute atomic E-state index is 0.599. The zero-order valence-electron chi connectivity index (χ0n) is 7.12. The van der Waals surface area contributed by atoms with Crippen LogP contribution in [0.4, 0.5) is 0 Å². The average molecular weight is 184 g/mol. The Hall–Kier alpha value is -0.590. The van der Waals surface area contributed by atoms with Crippen molar-refractivity contribution in [2.75, 3.05) is 20.3 Å². The molecule has 0 aliphatic heterocycles. The highest BCUT2D eigenvalue weighted by molar-refractivity contribution is 7.27. The van der Waals surface area contributed by atoms with E-state index in [0.29, 0.717) is 13.2 Å². The molecule has 0 bridgehead atoms. The number of benzene rings is 1. The fourth-order valence-corrected chi connectivity index (χ4v) is 1.14. The van der Waals surface area contributed by atoms with Gasteiger partial charge in [0.05, 0.1) is 6.61 Å². The van der Waals surface area contributed by atoms with Gasteiger partial charge in [0.1, 0.15) is 12.4 Å². The van der Waals surface area contributed by atoms with Gasteiger partial charge in [0.25, 0.3) is 0 Å². The van der Waals surface area contributed by atoms with Crippen LogP contribution in [0.15, 0.2) is 24.3 Å². The lowest BCUT2D eigenvalue weighted by Crippen LogP contribution is -2.08. The summed E-state index contributed by atoms with van der Waals surface area (Å²) in [6, 6.07) is 7.87. The van der Waals surface area contributed by atoms with Gasteiger partial charge in [-0.25, -0.2) is 0 Å². The molecule has 0 aromatic heterocycles. The topological polar surface area (TPSA) is 18.5 Å². The summed E-state index contributed by atoms with van der Waals surface area (Å²) < 4.78 is 10.3. The monoisotopic (exact) mass is 184 g/mol. The maximum absolute atomic E-state index is 5.43. The van der Waals surface area contributed by atoms with Crippen LogP contribution < -0.4 is 10.0 Å². The fourth-order valence-electron chi connectivity index (χ4n) is 0.847. The van der Waals surface area contributed by atoms with Crippen LogP contribution in [0.2, 0.25) is 0 Å². The second-order valence-corrected chi connectivity index (χ2v) is 3.00. The third kappa shape index (κ3) is 2.80. The molecule has 1 rings (SSSR count). The van der Waals surface area contributed by atoms with Crippen molar-refractivity contribution in [3.05, 3.63) is 24.3 Å². The highest BCUT2D eigenvalue weighted by atomic mass is 31.0. The molecule has 3 heteroatoms. The summed E-state index contributed by atoms with van der Waals surface area (Å²) in [6.45, 7) is 1.22. The van der Waals surface area contributed by atoms with Gasteiger partial charge in [-0.2, -0.15) is 0 Å². The van der Waals surface area contributed by atoms with Crippen molar-refractivity contribution in [2.24, 2.45) is 0 Å². The first-order chi connectivity index (χ1) is 5.84. The van der Waals surface area contributed by atoms with Gasteiger partial charge in [0.15, 0.2) is 0 Å². The van der Waals surface area contributed by atoms with Gasteiger partial charge in [-0.1, -0.05) is 18.2 Å². The number of hydrogen-bond acceptors (Lipinski definition) is 2. The Morgan fingerprint density at radius 2 is 2.00 bits per heavy atom. The van der Waals surface area contributed by atoms with E-state index in [4.69, 9.17) is 9.47 Å². The maximum atomic E-state index is 5.43. The molecule has 0 saturated heterocycles. The smallest absolute Gasteiger partial charge is 0.126 e. The number of para-hydroxylation sites is 1. The maximum Gasteiger partial charge on any atom is 0.126 e. The Bertz CT molecular complexity index is 238. The van der Waals surface area contributed by atoms with Crippen LogP contribution in [-0.2, 0) is 4.74 Å². The van der Waals surface area contributed by atoms with E-state index in [1.807, 2.05) is 24.3 Å². The molecule has 12 heavy (non-hydrogen) atoms. The van der Waals surface area contributed by atoms with E-state index in [-0.39, 0.29) is 0 Å². The van der Waals surface area contributed by atoms with Crippen LogP contribution in [-0.4, -0.2) is 20.3 Å². The Balaban J connectivity index is 2.46. The number of ether oxygens (including phenoxy) is 2. The molecule has 1 aromatic rings. The van der Waals surface area contributed by atoms with Gasteiger partial charge >= 0.3 is 0 Å². The first kappa shape index (κ1) is 9.50. The lowest BCUT2D eigenvalue weighted by Gasteiger charge is -2.07. The summed E-state index contributed by atoms with van der Waals surface area (Å²) in [5, 5.41) is 1.08. The van der Waals surface area contributed by atoms with Crippen molar-refractivity contribution in [2.45, 2.75) is 0 Å². The lowest BCUT2D eigenvalue weighted by atomic mass is 10.3. The van der Waals surface area contributed by atoms with Crippen LogP contribution in [0.1, 0.15) is 0 Å². The Labute approximate surface area is 75.1 Å². The summed E-state index contributed by atoms with van der Waals surface area (Å²) in [5.41, 5.74) is 0. The quantitative estimate of drug-likeness (QED) is 0.517. The predicted molar refractivity (Wildman–Crippen MR) is 53.2 cm³/mol. The lowest BCUT2D eigenvalue weighted by molar-refractivity contribution is 0.147. The number of methoxy groups -OCH3 is 1. The predicted octanol–water partition coefficient (Wildman–Crippen LogP) is 1.21. The molecule has 0 fully saturated rings. The first-order valence-corrected chi connectivity index (χ1v) is 4.38. The third-order valence-electron chi connectivity index (χ3n) is 1.46. The molecule has 1 aromatic carbocycles. The van der Waals surface area contributed by atoms with E-state index in [1.54, 1.807) is 7.11 Å². The first-order valence-electron chi connectivity index (χ1n) is 3.81. The second-order valence-electron chi connectivity index (χ2n) is 2.38. The van der Waals surface area contributed by atoms with Gasteiger partial charge in [-0.3, -0.25) is 0 Å². The van der Waals surface area contributed by atoms with Crippen molar-refractivity contribution in [3.63, 3.8) is 0 Å². The van der Waals surface area contributed by atoms with E-state index in [2.05, 4.69) is 9.24 Å². The van der Waals surface area contributed by atoms with Crippen LogP contribution >= 0.6 is 9.24 Å². The van der Waals surface area contributed by atoms with E-state index < -0.39 is 0 Å². The van der Waals surface area contributed by atoms with Crippen molar-refractivity contribution in [1.29, 1.82) is 0 Å². The van der Waals surface area contributed by atoms with Crippen LogP contribution in [0, 0.1) is 0 Å². The molecule has 0 heterocycles. The number of hydrogen-bond donors (Lipinski definition) is 0. The summed E-state index contributed by atoms with van der Waals surface area (Å²) in [7, 11) is 4.29. The summed E-state index contributed by atoms with van der Waals surface area (Å²) in [4.78, 5) is 0. The zero-order valence-corrected chi connectivity index (χ0v) is 8.27. The molecule has 0 spiro atoms. The van der Waals surface area contributed by atoms with Gasteiger partial charge < -0.3 is 9.47 Å². The van der Waals surface area contributed by atoms with Crippen LogP contribution in [0.25, 0.3) is 0 Å². The van der Waals surface area contributed by atoms with E-state index in [1.165, 1.54) is 0 Å². The summed E-state index contributed by atoms with van der Waals surface area (Å²) in [6.07, 6.45) is 0. The Morgan fingerprint density at radius 3 is 2.67 bits per heavy atom. The SMILES string of the molecule is COCCOc1ccccc1P. The van der Waals surface area contributed by atoms with E-state index in [0.717, 1.165) is 11.1 Å². The van der Waals surface area contributed by atoms with Crippen molar-refractivity contribution in [3.8, 4) is 5.75 Å². The molecule has 1 atom stereocenters. The Kier molecular flexibility index (Phi) is 4.06. The van der Waals surface area contributed by atoms with Gasteiger partial charge in [0.2, 0.25) is 0 Å². The molecule has 2 nitrogen and oxygen atoms in total. The van der Waals surface area contributed by atoms with Gasteiger partial charge in [0, 0.05) is 12.4 Å². The van der Waals surface area contributed by atoms with Crippen molar-refractivity contribution >= 4 is 14.5 Å². The number of rotatable bonds is 4. The molecule has 0 N–H and O–H groups in total. The minimum Gasteiger partial charge on any atom is -0.491 e. The molecule has 66 valence electrons. The summed E-state index contributed by atoms with van der Waals surface area (Å²) >= 11 is 0. The highest BCUT2D eigenvalue weighted by Gasteiger charge is 1.95. The summed E-state index contributed by atoms with van der Waals surface area (Å²) in [5.74, 6) is 0.902. The van der Waals surface area contributed by atoms with Gasteiger partial charge in [-0.05, 0) is 6.07 Å². The zero-order chi connectivity index (χ0) is 8.81. The molecule has 0 saturated carbocycles. The molecule has 0 radical (unpaired) electrons. The normalized spacial score (nSPS) is 9.83. The molecule has 0 amide bonds. The fraction of sp³-hybridized carbons (Fsp3) is 0.333. The van der Waals surface area contributed by atoms with Crippen LogP contribution in [0.3, 0.4) is 0 Å². The van der Waals surface area contributed by atoms with E-state index >= 15 is 0 Å². The van der Waals surface area contributed by atoms with E-state index in [9.17, 15) is 0 Å². The molecule has 0 aliphatic carbocycles. The molecular formula is C9H13O2P. The Morgan fingerprint density at radius 1 is 1.25 bits per heavy atom. The minimum atomic E-state index is 0.599. The van der Waals surface area contributed by atoms with Crippen molar-refractivity contribution in [1.82, 2.24) is 0 Å². The van der Waals surface area contributed by atoms with Gasteiger partial charge in [-0.15, -0.1) is 9.24 Å². The van der Waals surface area contributed by atoms with Crippen LogP contribution in [0.5, 0.6) is 5.75 Å². The average Bonchev–Trinajstić information content (AvgIpc) is 2.09. The van der Waals surface area contributed by atoms with Crippen molar-refractivity contribution < 1.29 is 9.47 Å². The molecule has 0 aliphatic rings. The molecular weight excluding hydrogens is 171 g/mol.